The van der Waals surface area contributed by atoms with E-state index < -0.39 is 26.7 Å². The highest BCUT2D eigenvalue weighted by Crippen LogP contribution is 2.30. The van der Waals surface area contributed by atoms with Crippen molar-refractivity contribution in [2.45, 2.75) is 30.3 Å². The highest BCUT2D eigenvalue weighted by molar-refractivity contribution is 7.89. The number of allylic oxidation sites excluding steroid dienone is 1. The molecule has 7 heteroatoms. The molecule has 0 N–H and O–H groups in total. The summed E-state index contributed by atoms with van der Waals surface area (Å²) in [6, 6.07) is 14.0. The van der Waals surface area contributed by atoms with Crippen LogP contribution < -0.4 is 0 Å². The average molecular weight is 386 g/mol. The average Bonchev–Trinajstić information content (AvgIpc) is 2.68. The van der Waals surface area contributed by atoms with Crippen molar-refractivity contribution in [3.05, 3.63) is 95.6 Å². The van der Waals surface area contributed by atoms with Crippen molar-refractivity contribution in [1.29, 1.82) is 0 Å². The molecule has 0 unspecified atom stereocenters. The summed E-state index contributed by atoms with van der Waals surface area (Å²) >= 11 is 0. The molecule has 0 aliphatic rings. The van der Waals surface area contributed by atoms with Gasteiger partial charge in [0.2, 0.25) is 0 Å². The maximum absolute atomic E-state index is 13.4. The fourth-order valence-electron chi connectivity index (χ4n) is 2.76. The number of nitro benzene ring substituents is 1. The summed E-state index contributed by atoms with van der Waals surface area (Å²) in [5.74, 6) is 0. The van der Waals surface area contributed by atoms with Crippen LogP contribution >= 0.6 is 0 Å². The first-order valence-electron chi connectivity index (χ1n) is 8.44. The Labute approximate surface area is 159 Å². The molecule has 6 nitrogen and oxygen atoms in total. The van der Waals surface area contributed by atoms with Gasteiger partial charge < -0.3 is 0 Å². The molecule has 0 spiro atoms. The molecule has 0 aromatic heterocycles. The summed E-state index contributed by atoms with van der Waals surface area (Å²) in [7, 11) is -4.13. The van der Waals surface area contributed by atoms with Crippen molar-refractivity contribution >= 4 is 15.7 Å². The van der Waals surface area contributed by atoms with Crippen LogP contribution in [0.3, 0.4) is 0 Å². The lowest BCUT2D eigenvalue weighted by atomic mass is 10.1. The van der Waals surface area contributed by atoms with Crippen LogP contribution in [0.15, 0.2) is 84.8 Å². The second-order valence-electron chi connectivity index (χ2n) is 5.93. The number of rotatable bonds is 10. The van der Waals surface area contributed by atoms with Gasteiger partial charge in [0.25, 0.3) is 15.7 Å². The number of benzene rings is 2. The Bertz CT molecular complexity index is 911. The van der Waals surface area contributed by atoms with Crippen LogP contribution in [0.4, 0.5) is 5.69 Å². The number of hydrogen-bond donors (Lipinski definition) is 0. The number of hydrogen-bond acceptors (Lipinski definition) is 4. The third kappa shape index (κ3) is 4.90. The van der Waals surface area contributed by atoms with Gasteiger partial charge in [0.05, 0.1) is 4.92 Å². The lowest BCUT2D eigenvalue weighted by molar-refractivity contribution is -0.387. The van der Waals surface area contributed by atoms with Crippen molar-refractivity contribution < 1.29 is 13.3 Å². The fraction of sp³-hybridized carbons (Fsp3) is 0.200. The molecule has 0 amide bonds. The summed E-state index contributed by atoms with van der Waals surface area (Å²) in [6.07, 6.45) is 4.33. The van der Waals surface area contributed by atoms with Crippen molar-refractivity contribution in [1.82, 2.24) is 4.31 Å². The molecule has 27 heavy (non-hydrogen) atoms. The van der Waals surface area contributed by atoms with Crippen LogP contribution in [0, 0.1) is 10.1 Å². The summed E-state index contributed by atoms with van der Waals surface area (Å²) in [5.41, 5.74) is 0.340. The molecule has 0 heterocycles. The molecule has 142 valence electrons. The Balaban J connectivity index is 2.55. The standard InChI is InChI=1S/C20H22N2O4S/c1-3-5-13-18(4-2)21(16-17-11-7-6-8-12-17)27(25,26)20-15-10-9-14-19(20)22(23)24/h3-4,6-12,14-15,18H,1-2,5,13,16H2/t18-/m0/s1. The molecule has 0 bridgehead atoms. The fourth-order valence-corrected chi connectivity index (χ4v) is 4.54. The Hall–Kier alpha value is -2.77. The molecule has 0 saturated carbocycles. The van der Waals surface area contributed by atoms with E-state index in [9.17, 15) is 18.5 Å². The number of nitro groups is 1. The molecule has 0 radical (unpaired) electrons. The van der Waals surface area contributed by atoms with E-state index in [-0.39, 0.29) is 11.4 Å². The minimum Gasteiger partial charge on any atom is -0.258 e. The highest BCUT2D eigenvalue weighted by Gasteiger charge is 2.34. The van der Waals surface area contributed by atoms with E-state index >= 15 is 0 Å². The molecular formula is C20H22N2O4S. The summed E-state index contributed by atoms with van der Waals surface area (Å²) < 4.78 is 28.0. The lowest BCUT2D eigenvalue weighted by Gasteiger charge is -2.28. The van der Waals surface area contributed by atoms with Crippen molar-refractivity contribution in [3.63, 3.8) is 0 Å². The van der Waals surface area contributed by atoms with Crippen LogP contribution in [0.1, 0.15) is 18.4 Å². The van der Waals surface area contributed by atoms with Crippen LogP contribution in [-0.4, -0.2) is 23.7 Å². The highest BCUT2D eigenvalue weighted by atomic mass is 32.2. The molecule has 2 aromatic rings. The molecule has 0 fully saturated rings. The predicted octanol–water partition coefficient (Wildman–Crippen LogP) is 4.31. The van der Waals surface area contributed by atoms with E-state index in [0.29, 0.717) is 12.8 Å². The Morgan fingerprint density at radius 3 is 2.30 bits per heavy atom. The smallest absolute Gasteiger partial charge is 0.258 e. The Kier molecular flexibility index (Phi) is 7.04. The van der Waals surface area contributed by atoms with E-state index in [4.69, 9.17) is 0 Å². The van der Waals surface area contributed by atoms with Crippen molar-refractivity contribution in [2.75, 3.05) is 0 Å². The zero-order valence-corrected chi connectivity index (χ0v) is 15.7. The first-order chi connectivity index (χ1) is 12.9. The topological polar surface area (TPSA) is 80.5 Å². The second-order valence-corrected chi connectivity index (χ2v) is 7.79. The first-order valence-corrected chi connectivity index (χ1v) is 9.88. The van der Waals surface area contributed by atoms with Crippen LogP contribution in [0.25, 0.3) is 0 Å². The Morgan fingerprint density at radius 1 is 1.07 bits per heavy atom. The molecule has 0 aliphatic carbocycles. The quantitative estimate of drug-likeness (QED) is 0.346. The minimum absolute atomic E-state index is 0.0864. The third-order valence-corrected chi connectivity index (χ3v) is 6.06. The molecular weight excluding hydrogens is 364 g/mol. The second kappa shape index (κ2) is 9.25. The maximum Gasteiger partial charge on any atom is 0.289 e. The molecule has 2 rings (SSSR count). The van der Waals surface area contributed by atoms with Crippen molar-refractivity contribution in [2.24, 2.45) is 0 Å². The van der Waals surface area contributed by atoms with E-state index in [1.165, 1.54) is 28.6 Å². The number of nitrogens with zero attached hydrogens (tertiary/aromatic N) is 2. The van der Waals surface area contributed by atoms with E-state index in [0.717, 1.165) is 5.56 Å². The zero-order valence-electron chi connectivity index (χ0n) is 14.9. The molecule has 2 aromatic carbocycles. The summed E-state index contributed by atoms with van der Waals surface area (Å²) in [6.45, 7) is 7.53. The zero-order chi connectivity index (χ0) is 19.9. The van der Waals surface area contributed by atoms with Gasteiger partial charge in [-0.2, -0.15) is 4.31 Å². The van der Waals surface area contributed by atoms with E-state index in [2.05, 4.69) is 13.2 Å². The van der Waals surface area contributed by atoms with Crippen molar-refractivity contribution in [3.8, 4) is 0 Å². The van der Waals surface area contributed by atoms with Gasteiger partial charge in [0.1, 0.15) is 0 Å². The van der Waals surface area contributed by atoms with Gasteiger partial charge in [-0.05, 0) is 24.5 Å². The molecule has 1 atom stereocenters. The molecule has 0 aliphatic heterocycles. The maximum atomic E-state index is 13.4. The minimum atomic E-state index is -4.13. The Morgan fingerprint density at radius 2 is 1.70 bits per heavy atom. The number of sulfonamides is 1. The number of para-hydroxylation sites is 1. The normalized spacial score (nSPS) is 12.5. The van der Waals surface area contributed by atoms with Gasteiger partial charge in [-0.15, -0.1) is 13.2 Å². The SMILES string of the molecule is C=CCC[C@H](C=C)N(Cc1ccccc1)S(=O)(=O)c1ccccc1[N+](=O)[O-]. The third-order valence-electron chi connectivity index (χ3n) is 4.14. The van der Waals surface area contributed by atoms with Crippen LogP contribution in [0.2, 0.25) is 0 Å². The van der Waals surface area contributed by atoms with Crippen LogP contribution in [0.5, 0.6) is 0 Å². The summed E-state index contributed by atoms with van der Waals surface area (Å²) in [4.78, 5) is 10.3. The van der Waals surface area contributed by atoms with Crippen LogP contribution in [-0.2, 0) is 16.6 Å². The van der Waals surface area contributed by atoms with Gasteiger partial charge in [0, 0.05) is 18.7 Å². The molecule has 0 saturated heterocycles. The van der Waals surface area contributed by atoms with Gasteiger partial charge in [-0.3, -0.25) is 10.1 Å². The van der Waals surface area contributed by atoms with Gasteiger partial charge in [-0.1, -0.05) is 54.6 Å². The lowest BCUT2D eigenvalue weighted by Crippen LogP contribution is -2.39. The van der Waals surface area contributed by atoms with Gasteiger partial charge in [-0.25, -0.2) is 8.42 Å². The van der Waals surface area contributed by atoms with E-state index in [1.807, 2.05) is 30.3 Å². The first kappa shape index (κ1) is 20.5. The van der Waals surface area contributed by atoms with Gasteiger partial charge in [0.15, 0.2) is 4.90 Å². The van der Waals surface area contributed by atoms with Gasteiger partial charge >= 0.3 is 0 Å². The van der Waals surface area contributed by atoms with E-state index in [1.54, 1.807) is 12.2 Å². The largest absolute Gasteiger partial charge is 0.289 e. The summed E-state index contributed by atoms with van der Waals surface area (Å²) in [5, 5.41) is 11.3. The predicted molar refractivity (Wildman–Crippen MR) is 106 cm³/mol. The monoisotopic (exact) mass is 386 g/mol.